The van der Waals surface area contributed by atoms with Gasteiger partial charge in [0.05, 0.1) is 5.75 Å². The molecule has 3 amide bonds. The van der Waals surface area contributed by atoms with Gasteiger partial charge in [0.1, 0.15) is 0 Å². The van der Waals surface area contributed by atoms with Crippen LogP contribution in [0.2, 0.25) is 5.02 Å². The molecule has 3 aromatic rings. The van der Waals surface area contributed by atoms with E-state index in [4.69, 9.17) is 11.6 Å². The fraction of sp³-hybridized carbons (Fsp3) is 0.238. The molecule has 156 valence electrons. The molecule has 9 heteroatoms. The number of nitrogens with one attached hydrogen (secondary N) is 2. The first-order chi connectivity index (χ1) is 14.3. The maximum atomic E-state index is 12.1. The van der Waals surface area contributed by atoms with Gasteiger partial charge in [0, 0.05) is 22.3 Å². The van der Waals surface area contributed by atoms with Gasteiger partial charge >= 0.3 is 6.03 Å². The quantitative estimate of drug-likeness (QED) is 0.557. The highest BCUT2D eigenvalue weighted by Crippen LogP contribution is 2.28. The van der Waals surface area contributed by atoms with E-state index in [1.165, 1.54) is 11.8 Å². The van der Waals surface area contributed by atoms with Crippen molar-refractivity contribution in [1.29, 1.82) is 0 Å². The summed E-state index contributed by atoms with van der Waals surface area (Å²) in [6, 6.07) is 14.7. The van der Waals surface area contributed by atoms with Crippen molar-refractivity contribution < 1.29 is 9.59 Å². The zero-order valence-electron chi connectivity index (χ0n) is 16.8. The van der Waals surface area contributed by atoms with Gasteiger partial charge in [-0.1, -0.05) is 53.2 Å². The number of rotatable bonds is 6. The number of carbonyl (C=O) groups is 2. The first-order valence-electron chi connectivity index (χ1n) is 9.35. The van der Waals surface area contributed by atoms with Crippen LogP contribution in [-0.4, -0.2) is 38.5 Å². The highest BCUT2D eigenvalue weighted by molar-refractivity contribution is 7.99. The summed E-state index contributed by atoms with van der Waals surface area (Å²) in [5.74, 6) is 0.254. The molecule has 0 saturated carbocycles. The van der Waals surface area contributed by atoms with Crippen molar-refractivity contribution in [1.82, 2.24) is 25.4 Å². The Morgan fingerprint density at radius 3 is 2.37 bits per heavy atom. The summed E-state index contributed by atoms with van der Waals surface area (Å²) in [5, 5.41) is 14.7. The van der Waals surface area contributed by atoms with Crippen molar-refractivity contribution in [2.75, 3.05) is 5.75 Å². The summed E-state index contributed by atoms with van der Waals surface area (Å²) >= 11 is 7.24. The van der Waals surface area contributed by atoms with Crippen LogP contribution in [0, 0.1) is 6.92 Å². The summed E-state index contributed by atoms with van der Waals surface area (Å²) in [5.41, 5.74) is 2.86. The molecule has 30 heavy (non-hydrogen) atoms. The molecule has 0 unspecified atom stereocenters. The van der Waals surface area contributed by atoms with Crippen molar-refractivity contribution in [2.24, 2.45) is 0 Å². The summed E-state index contributed by atoms with van der Waals surface area (Å²) in [4.78, 5) is 23.9. The van der Waals surface area contributed by atoms with Crippen molar-refractivity contribution in [2.45, 2.75) is 32.0 Å². The second kappa shape index (κ2) is 9.77. The molecule has 1 heterocycles. The molecular formula is C21H22ClN5O2S. The minimum atomic E-state index is -0.518. The van der Waals surface area contributed by atoms with Gasteiger partial charge in [0.25, 0.3) is 0 Å². The molecule has 0 spiro atoms. The molecule has 2 aromatic carbocycles. The van der Waals surface area contributed by atoms with Crippen molar-refractivity contribution in [3.05, 3.63) is 59.1 Å². The predicted molar refractivity (Wildman–Crippen MR) is 119 cm³/mol. The van der Waals surface area contributed by atoms with E-state index in [2.05, 4.69) is 20.8 Å². The van der Waals surface area contributed by atoms with Gasteiger partial charge in [-0.15, -0.1) is 10.2 Å². The molecule has 0 bridgehead atoms. The van der Waals surface area contributed by atoms with Crippen LogP contribution in [-0.2, 0) is 4.79 Å². The number of benzene rings is 2. The van der Waals surface area contributed by atoms with Crippen LogP contribution in [0.15, 0.2) is 53.7 Å². The fourth-order valence-electron chi connectivity index (χ4n) is 2.67. The molecule has 0 fully saturated rings. The lowest BCUT2D eigenvalue weighted by Gasteiger charge is -2.11. The summed E-state index contributed by atoms with van der Waals surface area (Å²) < 4.78 is 1.87. The van der Waals surface area contributed by atoms with Crippen LogP contribution >= 0.6 is 23.4 Å². The van der Waals surface area contributed by atoms with Crippen LogP contribution in [0.1, 0.15) is 19.4 Å². The van der Waals surface area contributed by atoms with E-state index in [1.807, 2.05) is 61.7 Å². The van der Waals surface area contributed by atoms with E-state index in [0.29, 0.717) is 16.0 Å². The Bertz CT molecular complexity index is 1030. The number of amides is 3. The number of aromatic nitrogens is 3. The molecule has 0 atom stereocenters. The minimum absolute atomic E-state index is 0.0190. The Morgan fingerprint density at radius 1 is 1.07 bits per heavy atom. The largest absolute Gasteiger partial charge is 0.336 e. The zero-order valence-corrected chi connectivity index (χ0v) is 18.4. The average Bonchev–Trinajstić information content (AvgIpc) is 3.11. The summed E-state index contributed by atoms with van der Waals surface area (Å²) in [6.45, 7) is 5.66. The van der Waals surface area contributed by atoms with Crippen molar-refractivity contribution in [3.8, 4) is 17.1 Å². The van der Waals surface area contributed by atoms with Gasteiger partial charge in [-0.25, -0.2) is 4.79 Å². The molecule has 0 aliphatic carbocycles. The van der Waals surface area contributed by atoms with Crippen LogP contribution in [0.5, 0.6) is 0 Å². The summed E-state index contributed by atoms with van der Waals surface area (Å²) in [7, 11) is 0. The van der Waals surface area contributed by atoms with Gasteiger partial charge in [0.2, 0.25) is 5.91 Å². The van der Waals surface area contributed by atoms with Gasteiger partial charge in [-0.3, -0.25) is 14.7 Å². The number of urea groups is 1. The van der Waals surface area contributed by atoms with Gasteiger partial charge in [-0.2, -0.15) is 0 Å². The number of halogens is 1. The highest BCUT2D eigenvalue weighted by Gasteiger charge is 2.18. The number of nitrogens with zero attached hydrogens (tertiary/aromatic N) is 3. The first kappa shape index (κ1) is 21.9. The Kier molecular flexibility index (Phi) is 7.12. The monoisotopic (exact) mass is 443 g/mol. The van der Waals surface area contributed by atoms with E-state index in [0.717, 1.165) is 16.8 Å². The highest BCUT2D eigenvalue weighted by atomic mass is 35.5. The van der Waals surface area contributed by atoms with Crippen LogP contribution in [0.4, 0.5) is 4.79 Å². The standard InChI is InChI=1S/C21H22ClN5O2S/c1-13(2)23-20(29)24-18(28)12-30-21-26-25-19(15-6-4-14(3)5-7-15)27(21)17-10-8-16(22)9-11-17/h4-11,13H,12H2,1-3H3,(H2,23,24,28,29). The van der Waals surface area contributed by atoms with Crippen molar-refractivity contribution in [3.63, 3.8) is 0 Å². The molecule has 3 rings (SSSR count). The predicted octanol–water partition coefficient (Wildman–Crippen LogP) is 4.22. The molecule has 0 radical (unpaired) electrons. The number of hydrogen-bond donors (Lipinski definition) is 2. The second-order valence-corrected chi connectivity index (χ2v) is 8.33. The third kappa shape index (κ3) is 5.61. The lowest BCUT2D eigenvalue weighted by Crippen LogP contribution is -2.43. The van der Waals surface area contributed by atoms with Crippen LogP contribution in [0.25, 0.3) is 17.1 Å². The maximum absolute atomic E-state index is 12.1. The van der Waals surface area contributed by atoms with E-state index >= 15 is 0 Å². The second-order valence-electron chi connectivity index (χ2n) is 6.95. The molecule has 0 aliphatic rings. The van der Waals surface area contributed by atoms with Crippen molar-refractivity contribution >= 4 is 35.3 Å². The van der Waals surface area contributed by atoms with E-state index in [1.54, 1.807) is 12.1 Å². The third-order valence-corrected chi connectivity index (χ3v) is 5.21. The molecule has 1 aromatic heterocycles. The summed E-state index contributed by atoms with van der Waals surface area (Å²) in [6.07, 6.45) is 0. The average molecular weight is 444 g/mol. The topological polar surface area (TPSA) is 88.9 Å². The number of thioether (sulfide) groups is 1. The van der Waals surface area contributed by atoms with Gasteiger partial charge in [-0.05, 0) is 45.0 Å². The first-order valence-corrected chi connectivity index (χ1v) is 10.7. The molecule has 0 saturated heterocycles. The normalized spacial score (nSPS) is 10.8. The molecule has 2 N–H and O–H groups in total. The van der Waals surface area contributed by atoms with Crippen LogP contribution < -0.4 is 10.6 Å². The lowest BCUT2D eigenvalue weighted by molar-refractivity contribution is -0.117. The molecular weight excluding hydrogens is 422 g/mol. The zero-order chi connectivity index (χ0) is 21.7. The Hall–Kier alpha value is -2.84. The van der Waals surface area contributed by atoms with Gasteiger partial charge < -0.3 is 5.32 Å². The fourth-order valence-corrected chi connectivity index (χ4v) is 3.54. The van der Waals surface area contributed by atoms with E-state index in [9.17, 15) is 9.59 Å². The number of aryl methyl sites for hydroxylation is 1. The number of imide groups is 1. The Morgan fingerprint density at radius 2 is 1.73 bits per heavy atom. The Labute approximate surface area is 184 Å². The van der Waals surface area contributed by atoms with Crippen LogP contribution in [0.3, 0.4) is 0 Å². The van der Waals surface area contributed by atoms with E-state index < -0.39 is 11.9 Å². The minimum Gasteiger partial charge on any atom is -0.336 e. The lowest BCUT2D eigenvalue weighted by atomic mass is 10.1. The molecule has 0 aliphatic heterocycles. The smallest absolute Gasteiger partial charge is 0.321 e. The van der Waals surface area contributed by atoms with E-state index in [-0.39, 0.29) is 11.8 Å². The SMILES string of the molecule is Cc1ccc(-c2nnc(SCC(=O)NC(=O)NC(C)C)n2-c2ccc(Cl)cc2)cc1. The third-order valence-electron chi connectivity index (χ3n) is 4.03. The number of carbonyl (C=O) groups excluding carboxylic acids is 2. The number of hydrogen-bond acceptors (Lipinski definition) is 5. The molecule has 7 nitrogen and oxygen atoms in total. The van der Waals surface area contributed by atoms with Gasteiger partial charge in [0.15, 0.2) is 11.0 Å². The Balaban J connectivity index is 1.85. The maximum Gasteiger partial charge on any atom is 0.321 e.